The summed E-state index contributed by atoms with van der Waals surface area (Å²) in [5, 5.41) is 11.0. The molecule has 132 valence electrons. The summed E-state index contributed by atoms with van der Waals surface area (Å²) >= 11 is 0. The molecule has 2 aromatic rings. The highest BCUT2D eigenvalue weighted by molar-refractivity contribution is 5.61. The van der Waals surface area contributed by atoms with Gasteiger partial charge in [0, 0.05) is 49.6 Å². The Hall–Kier alpha value is -2.54. The van der Waals surface area contributed by atoms with Crippen LogP contribution in [0.3, 0.4) is 0 Å². The molecule has 3 rings (SSSR count). The maximum atomic E-state index is 11.0. The smallest absolute Gasteiger partial charge is 0.270 e. The molecule has 0 spiro atoms. The van der Waals surface area contributed by atoms with Gasteiger partial charge in [0.05, 0.1) is 4.92 Å². The van der Waals surface area contributed by atoms with Crippen LogP contribution in [0.25, 0.3) is 11.4 Å². The number of nitro benzene ring substituents is 1. The van der Waals surface area contributed by atoms with Crippen LogP contribution in [0.5, 0.6) is 0 Å². The summed E-state index contributed by atoms with van der Waals surface area (Å²) in [6.45, 7) is 6.18. The summed E-state index contributed by atoms with van der Waals surface area (Å²) in [5.74, 6) is 1.36. The number of aryl methyl sites for hydroxylation is 1. The van der Waals surface area contributed by atoms with Crippen LogP contribution >= 0.6 is 0 Å². The molecule has 2 heterocycles. The summed E-state index contributed by atoms with van der Waals surface area (Å²) in [5.41, 5.74) is 1.55. The molecule has 0 unspecified atom stereocenters. The molecule has 7 nitrogen and oxygen atoms in total. The Bertz CT molecular complexity index is 759. The van der Waals surface area contributed by atoms with Crippen molar-refractivity contribution in [2.75, 3.05) is 38.1 Å². The number of nitrogens with zero attached hydrogens (tertiary/aromatic N) is 5. The number of rotatable bonds is 6. The van der Waals surface area contributed by atoms with Crippen molar-refractivity contribution in [3.63, 3.8) is 0 Å². The van der Waals surface area contributed by atoms with Gasteiger partial charge in [-0.2, -0.15) is 0 Å². The summed E-state index contributed by atoms with van der Waals surface area (Å²) in [6.07, 6.45) is 2.57. The van der Waals surface area contributed by atoms with E-state index in [4.69, 9.17) is 0 Å². The van der Waals surface area contributed by atoms with Crippen molar-refractivity contribution in [2.45, 2.75) is 19.8 Å². The Morgan fingerprint density at radius 3 is 2.72 bits per heavy atom. The maximum Gasteiger partial charge on any atom is 0.270 e. The lowest BCUT2D eigenvalue weighted by Crippen LogP contribution is -2.31. The molecule has 1 saturated heterocycles. The topological polar surface area (TPSA) is 75.4 Å². The van der Waals surface area contributed by atoms with E-state index in [9.17, 15) is 10.1 Å². The Morgan fingerprint density at radius 1 is 1.24 bits per heavy atom. The number of nitro groups is 1. The van der Waals surface area contributed by atoms with E-state index in [2.05, 4.69) is 19.8 Å². The van der Waals surface area contributed by atoms with Crippen molar-refractivity contribution in [2.24, 2.45) is 0 Å². The maximum absolute atomic E-state index is 11.0. The number of non-ortho nitro benzene ring substituents is 1. The van der Waals surface area contributed by atoms with E-state index in [1.807, 2.05) is 20.0 Å². The number of hydrogen-bond acceptors (Lipinski definition) is 6. The summed E-state index contributed by atoms with van der Waals surface area (Å²) in [6, 6.07) is 8.40. The van der Waals surface area contributed by atoms with Crippen molar-refractivity contribution >= 4 is 11.5 Å². The fraction of sp³-hybridized carbons (Fsp3) is 0.444. The minimum absolute atomic E-state index is 0.0477. The van der Waals surface area contributed by atoms with Gasteiger partial charge in [0.1, 0.15) is 5.82 Å². The molecule has 1 aliphatic rings. The van der Waals surface area contributed by atoms with Gasteiger partial charge in [0.15, 0.2) is 5.82 Å². The zero-order chi connectivity index (χ0) is 17.8. The van der Waals surface area contributed by atoms with Crippen molar-refractivity contribution < 1.29 is 4.92 Å². The van der Waals surface area contributed by atoms with Crippen LogP contribution in [0.2, 0.25) is 0 Å². The molecule has 0 atom stereocenters. The highest BCUT2D eigenvalue weighted by Crippen LogP contribution is 2.23. The molecule has 0 N–H and O–H groups in total. The largest absolute Gasteiger partial charge is 0.358 e. The number of aromatic nitrogens is 2. The third kappa shape index (κ3) is 4.30. The Kier molecular flexibility index (Phi) is 5.23. The van der Waals surface area contributed by atoms with Crippen LogP contribution in [-0.2, 0) is 0 Å². The second-order valence-corrected chi connectivity index (χ2v) is 6.47. The van der Waals surface area contributed by atoms with Gasteiger partial charge < -0.3 is 9.80 Å². The first kappa shape index (κ1) is 17.3. The third-order valence-corrected chi connectivity index (χ3v) is 4.50. The SMILES string of the molecule is Cc1cc(N(C)CCN2CCCC2)nc(-c2cccc([N+](=O)[O-])c2)n1. The first-order valence-electron chi connectivity index (χ1n) is 8.57. The molecule has 1 fully saturated rings. The van der Waals surface area contributed by atoms with Crippen LogP contribution in [-0.4, -0.2) is 53.0 Å². The minimum atomic E-state index is -0.400. The van der Waals surface area contributed by atoms with Crippen molar-refractivity contribution in [1.29, 1.82) is 0 Å². The minimum Gasteiger partial charge on any atom is -0.358 e. The van der Waals surface area contributed by atoms with Gasteiger partial charge in [-0.3, -0.25) is 10.1 Å². The Labute approximate surface area is 147 Å². The zero-order valence-electron chi connectivity index (χ0n) is 14.7. The fourth-order valence-electron chi connectivity index (χ4n) is 3.05. The van der Waals surface area contributed by atoms with Crippen LogP contribution < -0.4 is 4.90 Å². The van der Waals surface area contributed by atoms with E-state index >= 15 is 0 Å². The van der Waals surface area contributed by atoms with Crippen molar-refractivity contribution in [1.82, 2.24) is 14.9 Å². The average molecular weight is 341 g/mol. The second-order valence-electron chi connectivity index (χ2n) is 6.47. The predicted molar refractivity (Wildman–Crippen MR) is 97.8 cm³/mol. The predicted octanol–water partition coefficient (Wildman–Crippen LogP) is 2.89. The van der Waals surface area contributed by atoms with E-state index in [0.717, 1.165) is 24.6 Å². The highest BCUT2D eigenvalue weighted by atomic mass is 16.6. The molecule has 0 bridgehead atoms. The lowest BCUT2D eigenvalue weighted by atomic mass is 10.2. The monoisotopic (exact) mass is 341 g/mol. The van der Waals surface area contributed by atoms with Gasteiger partial charge in [-0.1, -0.05) is 12.1 Å². The first-order valence-corrected chi connectivity index (χ1v) is 8.57. The number of anilines is 1. The van der Waals surface area contributed by atoms with Crippen LogP contribution in [0.4, 0.5) is 11.5 Å². The summed E-state index contributed by atoms with van der Waals surface area (Å²) < 4.78 is 0. The normalized spacial score (nSPS) is 14.6. The van der Waals surface area contributed by atoms with Gasteiger partial charge in [0.25, 0.3) is 5.69 Å². The standard InChI is InChI=1S/C18H23N5O2/c1-14-12-17(21(2)10-11-22-8-3-4-9-22)20-18(19-14)15-6-5-7-16(13-15)23(24)25/h5-7,12-13H,3-4,8-11H2,1-2H3. The van der Waals surface area contributed by atoms with E-state index in [1.54, 1.807) is 12.1 Å². The van der Waals surface area contributed by atoms with E-state index in [1.165, 1.54) is 38.1 Å². The van der Waals surface area contributed by atoms with Gasteiger partial charge in [-0.15, -0.1) is 0 Å². The molecule has 0 aliphatic carbocycles. The quantitative estimate of drug-likeness (QED) is 0.594. The molecule has 7 heteroatoms. The van der Waals surface area contributed by atoms with Crippen molar-refractivity contribution in [3.05, 3.63) is 46.1 Å². The van der Waals surface area contributed by atoms with Gasteiger partial charge in [-0.25, -0.2) is 9.97 Å². The molecule has 0 amide bonds. The molecule has 0 saturated carbocycles. The van der Waals surface area contributed by atoms with Gasteiger partial charge in [0.2, 0.25) is 0 Å². The Morgan fingerprint density at radius 2 is 2.00 bits per heavy atom. The molecule has 25 heavy (non-hydrogen) atoms. The third-order valence-electron chi connectivity index (χ3n) is 4.50. The molecule has 1 aliphatic heterocycles. The van der Waals surface area contributed by atoms with Crippen LogP contribution in [0.1, 0.15) is 18.5 Å². The number of benzene rings is 1. The number of likely N-dealkylation sites (N-methyl/N-ethyl adjacent to an activating group) is 1. The van der Waals surface area contributed by atoms with E-state index in [-0.39, 0.29) is 5.69 Å². The summed E-state index contributed by atoms with van der Waals surface area (Å²) in [4.78, 5) is 24.2. The highest BCUT2D eigenvalue weighted by Gasteiger charge is 2.14. The first-order chi connectivity index (χ1) is 12.0. The van der Waals surface area contributed by atoms with Crippen LogP contribution in [0, 0.1) is 17.0 Å². The number of hydrogen-bond donors (Lipinski definition) is 0. The van der Waals surface area contributed by atoms with Crippen molar-refractivity contribution in [3.8, 4) is 11.4 Å². The fourth-order valence-corrected chi connectivity index (χ4v) is 3.05. The molecule has 0 radical (unpaired) electrons. The second kappa shape index (κ2) is 7.57. The lowest BCUT2D eigenvalue weighted by Gasteiger charge is -2.22. The average Bonchev–Trinajstić information content (AvgIpc) is 3.12. The van der Waals surface area contributed by atoms with Gasteiger partial charge >= 0.3 is 0 Å². The van der Waals surface area contributed by atoms with E-state index < -0.39 is 4.92 Å². The van der Waals surface area contributed by atoms with E-state index in [0.29, 0.717) is 11.4 Å². The Balaban J connectivity index is 1.79. The lowest BCUT2D eigenvalue weighted by molar-refractivity contribution is -0.384. The molecular formula is C18H23N5O2. The van der Waals surface area contributed by atoms with Crippen LogP contribution in [0.15, 0.2) is 30.3 Å². The molecule has 1 aromatic carbocycles. The molecule has 1 aromatic heterocycles. The zero-order valence-corrected chi connectivity index (χ0v) is 14.7. The summed E-state index contributed by atoms with van der Waals surface area (Å²) in [7, 11) is 2.02. The molecular weight excluding hydrogens is 318 g/mol. The number of likely N-dealkylation sites (tertiary alicyclic amines) is 1. The van der Waals surface area contributed by atoms with Gasteiger partial charge in [-0.05, 0) is 32.9 Å².